The molecule has 4 rings (SSSR count). The second-order valence-corrected chi connectivity index (χ2v) is 23.4. The zero-order valence-electron chi connectivity index (χ0n) is 22.2. The molecule has 4 fully saturated rings. The van der Waals surface area contributed by atoms with Crippen LogP contribution in [0.5, 0.6) is 0 Å². The Bertz CT molecular complexity index is 653. The molecule has 180 valence electrons. The largest absolute Gasteiger partial charge is 0.415 e. The highest BCUT2D eigenvalue weighted by atomic mass is 28.4. The van der Waals surface area contributed by atoms with E-state index in [1.54, 1.807) is 0 Å². The first-order chi connectivity index (χ1) is 14.2. The smallest absolute Gasteiger partial charge is 0.184 e. The van der Waals surface area contributed by atoms with Crippen LogP contribution in [0.3, 0.4) is 0 Å². The van der Waals surface area contributed by atoms with Crippen LogP contribution < -0.4 is 0 Å². The van der Waals surface area contributed by atoms with Crippen LogP contribution in [-0.2, 0) is 8.85 Å². The maximum atomic E-state index is 6.66. The van der Waals surface area contributed by atoms with Crippen molar-refractivity contribution in [2.75, 3.05) is 0 Å². The fourth-order valence-corrected chi connectivity index (χ4v) is 11.8. The minimum atomic E-state index is -1.48. The van der Waals surface area contributed by atoms with Gasteiger partial charge in [-0.05, 0) is 144 Å². The van der Waals surface area contributed by atoms with E-state index in [1.165, 1.54) is 57.8 Å². The normalized spacial score (nSPS) is 46.7. The Hall–Kier alpha value is 0.354. The van der Waals surface area contributed by atoms with E-state index in [4.69, 9.17) is 8.85 Å². The van der Waals surface area contributed by atoms with E-state index in [1.807, 2.05) is 0 Å². The predicted octanol–water partition coefficient (Wildman–Crippen LogP) is 8.11. The lowest BCUT2D eigenvalue weighted by Crippen LogP contribution is -2.55. The summed E-state index contributed by atoms with van der Waals surface area (Å²) in [4.78, 5) is 0. The molecule has 0 heterocycles. The van der Waals surface area contributed by atoms with Gasteiger partial charge in [0, 0.05) is 12.2 Å². The van der Waals surface area contributed by atoms with E-state index >= 15 is 0 Å². The van der Waals surface area contributed by atoms with Crippen LogP contribution in [0.2, 0.25) is 39.3 Å². The first kappa shape index (κ1) is 24.5. The Labute approximate surface area is 195 Å². The van der Waals surface area contributed by atoms with E-state index in [-0.39, 0.29) is 0 Å². The minimum absolute atomic E-state index is 0.444. The van der Waals surface area contributed by atoms with Crippen molar-refractivity contribution in [1.82, 2.24) is 0 Å². The number of rotatable bonds is 5. The number of hydrogen-bond acceptors (Lipinski definition) is 2. The van der Waals surface area contributed by atoms with Crippen molar-refractivity contribution >= 4 is 16.6 Å². The molecule has 0 aliphatic heterocycles. The fourth-order valence-electron chi connectivity index (χ4n) is 9.28. The van der Waals surface area contributed by atoms with Crippen molar-refractivity contribution in [3.8, 4) is 0 Å². The zero-order chi connectivity index (χ0) is 22.8. The molecule has 4 aliphatic rings. The fraction of sp³-hybridized carbons (Fsp3) is 1.00. The van der Waals surface area contributed by atoms with Gasteiger partial charge in [0.05, 0.1) is 0 Å². The molecule has 4 heteroatoms. The van der Waals surface area contributed by atoms with Gasteiger partial charge in [0.15, 0.2) is 16.6 Å². The summed E-state index contributed by atoms with van der Waals surface area (Å²) in [6.45, 7) is 21.9. The Balaban J connectivity index is 1.48. The lowest BCUT2D eigenvalue weighted by atomic mass is 9.44. The molecule has 0 bridgehead atoms. The van der Waals surface area contributed by atoms with Gasteiger partial charge in [-0.25, -0.2) is 0 Å². The lowest BCUT2D eigenvalue weighted by Gasteiger charge is -2.61. The maximum absolute atomic E-state index is 6.66. The van der Waals surface area contributed by atoms with Crippen molar-refractivity contribution in [2.24, 2.45) is 40.4 Å². The lowest BCUT2D eigenvalue weighted by molar-refractivity contribution is -0.129. The Morgan fingerprint density at radius 2 is 1.39 bits per heavy atom. The molecule has 0 amide bonds. The monoisotopic (exact) mass is 464 g/mol. The maximum Gasteiger partial charge on any atom is 0.184 e. The molecular weight excluding hydrogens is 412 g/mol. The van der Waals surface area contributed by atoms with Gasteiger partial charge >= 0.3 is 0 Å². The summed E-state index contributed by atoms with van der Waals surface area (Å²) in [6.07, 6.45) is 13.8. The second-order valence-electron chi connectivity index (χ2n) is 14.4. The van der Waals surface area contributed by atoms with Crippen LogP contribution in [0.1, 0.15) is 78.6 Å². The number of fused-ring (bicyclic) bond motifs is 5. The third kappa shape index (κ3) is 4.66. The average molecular weight is 465 g/mol. The van der Waals surface area contributed by atoms with Crippen LogP contribution in [0.4, 0.5) is 0 Å². The average Bonchev–Trinajstić information content (AvgIpc) is 2.97. The van der Waals surface area contributed by atoms with Crippen LogP contribution in [-0.4, -0.2) is 28.8 Å². The van der Waals surface area contributed by atoms with Crippen molar-refractivity contribution in [2.45, 2.75) is 130 Å². The molecule has 4 aliphatic carbocycles. The van der Waals surface area contributed by atoms with Crippen LogP contribution in [0, 0.1) is 40.4 Å². The molecule has 9 atom stereocenters. The van der Waals surface area contributed by atoms with Gasteiger partial charge in [-0.2, -0.15) is 0 Å². The first-order valence-corrected chi connectivity index (χ1v) is 20.4. The number of hydrogen-bond donors (Lipinski definition) is 0. The molecular formula is C27H52O2Si2. The van der Waals surface area contributed by atoms with Crippen molar-refractivity contribution in [1.29, 1.82) is 0 Å². The molecule has 0 aromatic heterocycles. The second kappa shape index (κ2) is 8.24. The van der Waals surface area contributed by atoms with Gasteiger partial charge in [-0.15, -0.1) is 0 Å². The van der Waals surface area contributed by atoms with Gasteiger partial charge in [-0.1, -0.05) is 13.8 Å². The summed E-state index contributed by atoms with van der Waals surface area (Å²) < 4.78 is 13.3. The van der Waals surface area contributed by atoms with E-state index < -0.39 is 16.6 Å². The minimum Gasteiger partial charge on any atom is -0.415 e. The molecule has 3 unspecified atom stereocenters. The molecule has 0 aromatic rings. The molecule has 0 aromatic carbocycles. The predicted molar refractivity (Wildman–Crippen MR) is 137 cm³/mol. The molecule has 4 saturated carbocycles. The zero-order valence-corrected chi connectivity index (χ0v) is 24.2. The van der Waals surface area contributed by atoms with E-state index in [0.29, 0.717) is 23.0 Å². The molecule has 0 radical (unpaired) electrons. The molecule has 0 N–H and O–H groups in total. The van der Waals surface area contributed by atoms with Crippen LogP contribution in [0.25, 0.3) is 0 Å². The Kier molecular flexibility index (Phi) is 6.50. The molecule has 31 heavy (non-hydrogen) atoms. The van der Waals surface area contributed by atoms with Gasteiger partial charge in [0.2, 0.25) is 0 Å². The summed E-state index contributed by atoms with van der Waals surface area (Å²) in [6, 6.07) is 0. The molecule has 0 saturated heterocycles. The van der Waals surface area contributed by atoms with E-state index in [0.717, 1.165) is 29.6 Å². The van der Waals surface area contributed by atoms with Gasteiger partial charge in [0.1, 0.15) is 0 Å². The highest BCUT2D eigenvalue weighted by molar-refractivity contribution is 6.70. The summed E-state index contributed by atoms with van der Waals surface area (Å²) in [5, 5.41) is 0. The highest BCUT2D eigenvalue weighted by Crippen LogP contribution is 2.68. The molecule has 0 spiro atoms. The van der Waals surface area contributed by atoms with Crippen LogP contribution in [0.15, 0.2) is 0 Å². The third-order valence-electron chi connectivity index (χ3n) is 10.3. The quantitative estimate of drug-likeness (QED) is 0.382. The van der Waals surface area contributed by atoms with Crippen molar-refractivity contribution in [3.63, 3.8) is 0 Å². The third-order valence-corrected chi connectivity index (χ3v) is 12.4. The topological polar surface area (TPSA) is 18.5 Å². The standard InChI is InChI=1S/C27H52O2Si2/c1-19(28-30(4,5)6)23-12-13-24-22-11-10-20-18-21(29-31(7,8)9)14-16-26(20,2)25(22)15-17-27(23,24)3/h19-25H,10-18H2,1-9H3/t19-,20-,21+,22?,23-,24?,25?,26+,27-/m1/s1. The summed E-state index contributed by atoms with van der Waals surface area (Å²) in [5.74, 6) is 4.55. The first-order valence-electron chi connectivity index (χ1n) is 13.6. The van der Waals surface area contributed by atoms with Gasteiger partial charge < -0.3 is 8.85 Å². The Morgan fingerprint density at radius 3 is 2.03 bits per heavy atom. The van der Waals surface area contributed by atoms with E-state index in [9.17, 15) is 0 Å². The summed E-state index contributed by atoms with van der Waals surface area (Å²) >= 11 is 0. The SMILES string of the molecule is C[C@@H](O[Si](C)(C)C)[C@H]1CCC2C3CC[C@@H]4C[C@@H](O[Si](C)(C)C)CC[C@]4(C)C3CC[C@@]21C. The van der Waals surface area contributed by atoms with Gasteiger partial charge in [-0.3, -0.25) is 0 Å². The highest BCUT2D eigenvalue weighted by Gasteiger charge is 2.61. The summed E-state index contributed by atoms with van der Waals surface area (Å²) in [5.41, 5.74) is 1.09. The molecule has 2 nitrogen and oxygen atoms in total. The van der Waals surface area contributed by atoms with E-state index in [2.05, 4.69) is 60.1 Å². The van der Waals surface area contributed by atoms with Crippen molar-refractivity contribution in [3.05, 3.63) is 0 Å². The Morgan fingerprint density at radius 1 is 0.742 bits per heavy atom. The van der Waals surface area contributed by atoms with Gasteiger partial charge in [0.25, 0.3) is 0 Å². The van der Waals surface area contributed by atoms with Crippen LogP contribution >= 0.6 is 0 Å². The summed E-state index contributed by atoms with van der Waals surface area (Å²) in [7, 11) is -2.91. The van der Waals surface area contributed by atoms with Crippen molar-refractivity contribution < 1.29 is 8.85 Å².